The van der Waals surface area contributed by atoms with Crippen LogP contribution in [0.3, 0.4) is 0 Å². The molecule has 0 bridgehead atoms. The van der Waals surface area contributed by atoms with Gasteiger partial charge in [-0.3, -0.25) is 0 Å². The first-order valence-corrected chi connectivity index (χ1v) is 17.6. The Balaban J connectivity index is 1.25. The number of rotatable bonds is 4. The first-order valence-electron chi connectivity index (χ1n) is 17.6. The van der Waals surface area contributed by atoms with Gasteiger partial charge < -0.3 is 8.98 Å². The van der Waals surface area contributed by atoms with Crippen molar-refractivity contribution in [3.05, 3.63) is 176 Å². The van der Waals surface area contributed by atoms with Crippen LogP contribution < -0.4 is 0 Å². The molecule has 0 spiro atoms. The van der Waals surface area contributed by atoms with Crippen LogP contribution in [0.15, 0.2) is 180 Å². The molecule has 0 amide bonds. The average molecular weight is 664 g/mol. The fraction of sp³-hybridized carbons (Fsp3) is 0. The largest absolute Gasteiger partial charge is 0.456 e. The number of fused-ring (bicyclic) bond motifs is 9. The molecule has 0 atom stereocenters. The third-order valence-corrected chi connectivity index (χ3v) is 10.4. The molecule has 0 fully saturated rings. The molecule has 0 aliphatic rings. The van der Waals surface area contributed by atoms with Crippen LogP contribution in [-0.2, 0) is 0 Å². The molecule has 4 heteroatoms. The van der Waals surface area contributed by atoms with Crippen LogP contribution in [-0.4, -0.2) is 14.5 Å². The third-order valence-electron chi connectivity index (χ3n) is 10.4. The van der Waals surface area contributed by atoms with Crippen LogP contribution >= 0.6 is 0 Å². The van der Waals surface area contributed by atoms with E-state index in [1.54, 1.807) is 0 Å². The van der Waals surface area contributed by atoms with Crippen molar-refractivity contribution in [2.45, 2.75) is 0 Å². The first-order chi connectivity index (χ1) is 25.8. The Morgan fingerprint density at radius 2 is 1.10 bits per heavy atom. The number of furan rings is 1. The van der Waals surface area contributed by atoms with Gasteiger partial charge >= 0.3 is 0 Å². The van der Waals surface area contributed by atoms with Gasteiger partial charge in [-0.25, -0.2) is 9.97 Å². The second-order valence-electron chi connectivity index (χ2n) is 13.4. The monoisotopic (exact) mass is 663 g/mol. The van der Waals surface area contributed by atoms with E-state index in [9.17, 15) is 0 Å². The number of nitrogens with zero attached hydrogens (tertiary/aromatic N) is 3. The summed E-state index contributed by atoms with van der Waals surface area (Å²) in [6, 6.07) is 61.9. The zero-order chi connectivity index (χ0) is 34.2. The van der Waals surface area contributed by atoms with Gasteiger partial charge in [0.25, 0.3) is 0 Å². The number of para-hydroxylation sites is 2. The van der Waals surface area contributed by atoms with E-state index in [2.05, 4.69) is 162 Å². The number of hydrogen-bond donors (Lipinski definition) is 0. The summed E-state index contributed by atoms with van der Waals surface area (Å²) in [5, 5.41) is 9.21. The van der Waals surface area contributed by atoms with Crippen molar-refractivity contribution >= 4 is 65.3 Å². The SMILES string of the molecule is c1ccc(-c2cc(-c3ccc4ccccc4c3)nc(-c3cc(-n4c5ccccc5c5ccc6ccccc6c54)cc4oc5ccccc5c34)n2)cc1. The van der Waals surface area contributed by atoms with E-state index >= 15 is 0 Å². The Bertz CT molecular complexity index is 3190. The summed E-state index contributed by atoms with van der Waals surface area (Å²) >= 11 is 0. The van der Waals surface area contributed by atoms with E-state index in [-0.39, 0.29) is 0 Å². The first kappa shape index (κ1) is 28.8. The Kier molecular flexibility index (Phi) is 6.22. The van der Waals surface area contributed by atoms with Crippen molar-refractivity contribution in [3.63, 3.8) is 0 Å². The fourth-order valence-electron chi connectivity index (χ4n) is 7.96. The lowest BCUT2D eigenvalue weighted by atomic mass is 10.0. The highest BCUT2D eigenvalue weighted by atomic mass is 16.3. The summed E-state index contributed by atoms with van der Waals surface area (Å²) in [7, 11) is 0. The number of aromatic nitrogens is 3. The van der Waals surface area contributed by atoms with Crippen molar-refractivity contribution in [1.82, 2.24) is 14.5 Å². The maximum Gasteiger partial charge on any atom is 0.161 e. The molecule has 4 nitrogen and oxygen atoms in total. The molecule has 11 aromatic rings. The standard InChI is InChI=1S/C48H29N3O/c1-2-14-32(15-3-1)41-29-42(34-23-22-30-12-4-5-16-33(30)26-34)50-48(49-41)40-27-35(28-45-46(40)39-19-9-11-21-44(39)52-45)51-43-20-10-8-18-37(43)38-25-24-31-13-6-7-17-36(31)47(38)51/h1-29H. The predicted octanol–water partition coefficient (Wildman–Crippen LogP) is 12.8. The Morgan fingerprint density at radius 1 is 0.423 bits per heavy atom. The second kappa shape index (κ2) is 11.2. The summed E-state index contributed by atoms with van der Waals surface area (Å²) in [4.78, 5) is 10.7. The molecule has 0 aliphatic heterocycles. The van der Waals surface area contributed by atoms with Crippen LogP contribution in [0.25, 0.3) is 105 Å². The predicted molar refractivity (Wildman–Crippen MR) is 215 cm³/mol. The number of benzene rings is 8. The van der Waals surface area contributed by atoms with Crippen molar-refractivity contribution < 1.29 is 4.42 Å². The fourth-order valence-corrected chi connectivity index (χ4v) is 7.96. The van der Waals surface area contributed by atoms with Crippen LogP contribution in [0.4, 0.5) is 0 Å². The summed E-state index contributed by atoms with van der Waals surface area (Å²) in [5.74, 6) is 0.647. The van der Waals surface area contributed by atoms with Crippen molar-refractivity contribution in [1.29, 1.82) is 0 Å². The summed E-state index contributed by atoms with van der Waals surface area (Å²) in [6.45, 7) is 0. The van der Waals surface area contributed by atoms with E-state index in [1.165, 1.54) is 32.3 Å². The molecule has 3 aromatic heterocycles. The Morgan fingerprint density at radius 3 is 1.96 bits per heavy atom. The van der Waals surface area contributed by atoms with Gasteiger partial charge in [-0.05, 0) is 46.5 Å². The summed E-state index contributed by atoms with van der Waals surface area (Å²) in [5.41, 5.74) is 9.63. The minimum Gasteiger partial charge on any atom is -0.456 e. The molecule has 52 heavy (non-hydrogen) atoms. The van der Waals surface area contributed by atoms with Gasteiger partial charge in [-0.1, -0.05) is 140 Å². The smallest absolute Gasteiger partial charge is 0.161 e. The van der Waals surface area contributed by atoms with Crippen LogP contribution in [0.2, 0.25) is 0 Å². The normalized spacial score (nSPS) is 11.8. The van der Waals surface area contributed by atoms with Gasteiger partial charge in [0.05, 0.1) is 28.1 Å². The van der Waals surface area contributed by atoms with Gasteiger partial charge in [0.1, 0.15) is 11.2 Å². The molecule has 8 aromatic carbocycles. The lowest BCUT2D eigenvalue weighted by Gasteiger charge is -2.14. The van der Waals surface area contributed by atoms with Gasteiger partial charge in [0.2, 0.25) is 0 Å². The van der Waals surface area contributed by atoms with Crippen molar-refractivity contribution in [2.75, 3.05) is 0 Å². The van der Waals surface area contributed by atoms with E-state index in [1.807, 2.05) is 18.2 Å². The summed E-state index contributed by atoms with van der Waals surface area (Å²) in [6.07, 6.45) is 0. The molecule has 0 radical (unpaired) electrons. The zero-order valence-electron chi connectivity index (χ0n) is 28.0. The van der Waals surface area contributed by atoms with Gasteiger partial charge in [-0.2, -0.15) is 0 Å². The average Bonchev–Trinajstić information content (AvgIpc) is 3.76. The third kappa shape index (κ3) is 4.41. The highest BCUT2D eigenvalue weighted by molar-refractivity contribution is 6.19. The quantitative estimate of drug-likeness (QED) is 0.188. The molecule has 0 saturated heterocycles. The van der Waals surface area contributed by atoms with Crippen LogP contribution in [0.1, 0.15) is 0 Å². The van der Waals surface area contributed by atoms with Gasteiger partial charge in [0.15, 0.2) is 5.82 Å². The molecular weight excluding hydrogens is 635 g/mol. The molecule has 3 heterocycles. The second-order valence-corrected chi connectivity index (χ2v) is 13.4. The summed E-state index contributed by atoms with van der Waals surface area (Å²) < 4.78 is 9.06. The van der Waals surface area contributed by atoms with E-state index in [0.29, 0.717) is 5.82 Å². The van der Waals surface area contributed by atoms with Crippen molar-refractivity contribution in [3.8, 4) is 39.6 Å². The highest BCUT2D eigenvalue weighted by Gasteiger charge is 2.22. The molecule has 11 rings (SSSR count). The van der Waals surface area contributed by atoms with Crippen LogP contribution in [0.5, 0.6) is 0 Å². The minimum atomic E-state index is 0.647. The van der Waals surface area contributed by atoms with Gasteiger partial charge in [-0.15, -0.1) is 0 Å². The maximum absolute atomic E-state index is 6.67. The highest BCUT2D eigenvalue weighted by Crippen LogP contribution is 2.42. The van der Waals surface area contributed by atoms with E-state index in [0.717, 1.165) is 66.7 Å². The molecule has 0 unspecified atom stereocenters. The lowest BCUT2D eigenvalue weighted by Crippen LogP contribution is -1.99. The van der Waals surface area contributed by atoms with Crippen LogP contribution in [0, 0.1) is 0 Å². The Hall–Kier alpha value is -7.04. The van der Waals surface area contributed by atoms with E-state index < -0.39 is 0 Å². The molecular formula is C48H29N3O. The van der Waals surface area contributed by atoms with E-state index in [4.69, 9.17) is 14.4 Å². The molecule has 0 aliphatic carbocycles. The molecule has 0 saturated carbocycles. The zero-order valence-corrected chi connectivity index (χ0v) is 28.0. The lowest BCUT2D eigenvalue weighted by molar-refractivity contribution is 0.668. The van der Waals surface area contributed by atoms with Crippen molar-refractivity contribution in [2.24, 2.45) is 0 Å². The Labute approximate surface area is 298 Å². The minimum absolute atomic E-state index is 0.647. The molecule has 242 valence electrons. The maximum atomic E-state index is 6.67. The number of hydrogen-bond acceptors (Lipinski definition) is 3. The van der Waals surface area contributed by atoms with Gasteiger partial charge in [0, 0.05) is 49.7 Å². The topological polar surface area (TPSA) is 43.9 Å². The molecule has 0 N–H and O–H groups in total.